The lowest BCUT2D eigenvalue weighted by atomic mass is 10.1. The molecule has 5 heteroatoms. The smallest absolute Gasteiger partial charge is 0.147 e. The highest BCUT2D eigenvalue weighted by molar-refractivity contribution is 9.10. The molecule has 0 saturated carbocycles. The van der Waals surface area contributed by atoms with Gasteiger partial charge >= 0.3 is 0 Å². The van der Waals surface area contributed by atoms with Gasteiger partial charge in [0, 0.05) is 10.5 Å². The predicted molar refractivity (Wildman–Crippen MR) is 84.8 cm³/mol. The van der Waals surface area contributed by atoms with Crippen molar-refractivity contribution in [3.63, 3.8) is 0 Å². The summed E-state index contributed by atoms with van der Waals surface area (Å²) in [5.41, 5.74) is 6.82. The largest absolute Gasteiger partial charge is 0.496 e. The van der Waals surface area contributed by atoms with E-state index in [2.05, 4.69) is 15.9 Å². The summed E-state index contributed by atoms with van der Waals surface area (Å²) in [6, 6.07) is 10.8. The number of rotatable bonds is 4. The first-order valence-corrected chi connectivity index (χ1v) is 7.25. The van der Waals surface area contributed by atoms with Gasteiger partial charge in [-0.05, 0) is 37.3 Å². The average Bonchev–Trinajstić information content (AvgIpc) is 2.42. The Morgan fingerprint density at radius 2 is 1.85 bits per heavy atom. The van der Waals surface area contributed by atoms with Crippen molar-refractivity contribution in [1.29, 1.82) is 0 Å². The molecule has 106 valence electrons. The third-order valence-electron chi connectivity index (χ3n) is 2.81. The minimum atomic E-state index is -0.216. The second-order valence-corrected chi connectivity index (χ2v) is 5.66. The molecule has 0 amide bonds. The van der Waals surface area contributed by atoms with Crippen molar-refractivity contribution in [2.45, 2.75) is 13.0 Å². The number of halogens is 2. The molecule has 0 aliphatic rings. The quantitative estimate of drug-likeness (QED) is 0.845. The molecule has 2 rings (SSSR count). The Hall–Kier alpha value is -1.23. The van der Waals surface area contributed by atoms with E-state index in [1.165, 1.54) is 0 Å². The fourth-order valence-electron chi connectivity index (χ4n) is 1.91. The van der Waals surface area contributed by atoms with E-state index in [0.717, 1.165) is 10.0 Å². The third-order valence-corrected chi connectivity index (χ3v) is 3.62. The van der Waals surface area contributed by atoms with Crippen LogP contribution in [-0.2, 0) is 0 Å². The van der Waals surface area contributed by atoms with Gasteiger partial charge in [-0.2, -0.15) is 0 Å². The van der Waals surface area contributed by atoms with Gasteiger partial charge in [-0.1, -0.05) is 33.6 Å². The molecule has 2 N–H and O–H groups in total. The first-order chi connectivity index (χ1) is 9.52. The predicted octanol–water partition coefficient (Wildman–Crippen LogP) is 4.92. The maximum absolute atomic E-state index is 6.14. The van der Waals surface area contributed by atoms with E-state index in [0.29, 0.717) is 22.3 Å². The number of hydrogen-bond donors (Lipinski definition) is 1. The van der Waals surface area contributed by atoms with Gasteiger partial charge in [0.2, 0.25) is 0 Å². The van der Waals surface area contributed by atoms with Crippen LogP contribution in [0.25, 0.3) is 0 Å². The van der Waals surface area contributed by atoms with Crippen molar-refractivity contribution in [1.82, 2.24) is 0 Å². The number of benzene rings is 2. The zero-order valence-electron chi connectivity index (χ0n) is 11.2. The fraction of sp³-hybridized carbons (Fsp3) is 0.200. The van der Waals surface area contributed by atoms with Gasteiger partial charge < -0.3 is 15.2 Å². The SMILES string of the molecule is COc1cccc(Oc2cc(Br)ccc2Cl)c1C(C)N. The Bertz CT molecular complexity index is 617. The summed E-state index contributed by atoms with van der Waals surface area (Å²) in [7, 11) is 1.61. The van der Waals surface area contributed by atoms with Crippen molar-refractivity contribution >= 4 is 27.5 Å². The summed E-state index contributed by atoms with van der Waals surface area (Å²) in [6.07, 6.45) is 0. The van der Waals surface area contributed by atoms with Gasteiger partial charge in [0.05, 0.1) is 17.7 Å². The normalized spacial score (nSPS) is 12.1. The minimum absolute atomic E-state index is 0.216. The van der Waals surface area contributed by atoms with Crippen molar-refractivity contribution in [2.24, 2.45) is 5.73 Å². The molecule has 1 atom stereocenters. The average molecular weight is 357 g/mol. The van der Waals surface area contributed by atoms with Gasteiger partial charge in [-0.25, -0.2) is 0 Å². The molecule has 0 aromatic heterocycles. The van der Waals surface area contributed by atoms with Gasteiger partial charge in [0.25, 0.3) is 0 Å². The molecule has 0 spiro atoms. The number of methoxy groups -OCH3 is 1. The van der Waals surface area contributed by atoms with Crippen LogP contribution >= 0.6 is 27.5 Å². The summed E-state index contributed by atoms with van der Waals surface area (Å²) >= 11 is 9.54. The lowest BCUT2D eigenvalue weighted by Crippen LogP contribution is -2.08. The Labute approximate surface area is 131 Å². The molecule has 3 nitrogen and oxygen atoms in total. The Balaban J connectivity index is 2.45. The molecule has 2 aromatic carbocycles. The Morgan fingerprint density at radius 3 is 2.50 bits per heavy atom. The molecule has 0 fully saturated rings. The van der Waals surface area contributed by atoms with Crippen molar-refractivity contribution in [2.75, 3.05) is 7.11 Å². The van der Waals surface area contributed by atoms with Crippen LogP contribution in [0.5, 0.6) is 17.2 Å². The van der Waals surface area contributed by atoms with Crippen molar-refractivity contribution in [3.05, 3.63) is 51.5 Å². The molecule has 20 heavy (non-hydrogen) atoms. The highest BCUT2D eigenvalue weighted by Crippen LogP contribution is 2.38. The second kappa shape index (κ2) is 6.48. The van der Waals surface area contributed by atoms with E-state index in [9.17, 15) is 0 Å². The van der Waals surface area contributed by atoms with Gasteiger partial charge in [0.1, 0.15) is 17.2 Å². The minimum Gasteiger partial charge on any atom is -0.496 e. The van der Waals surface area contributed by atoms with E-state index < -0.39 is 0 Å². The first-order valence-electron chi connectivity index (χ1n) is 6.08. The zero-order valence-corrected chi connectivity index (χ0v) is 13.5. The topological polar surface area (TPSA) is 44.5 Å². The summed E-state index contributed by atoms with van der Waals surface area (Å²) in [4.78, 5) is 0. The lowest BCUT2D eigenvalue weighted by molar-refractivity contribution is 0.397. The maximum atomic E-state index is 6.14. The number of ether oxygens (including phenoxy) is 2. The van der Waals surface area contributed by atoms with Crippen LogP contribution < -0.4 is 15.2 Å². The van der Waals surface area contributed by atoms with Crippen LogP contribution in [0.4, 0.5) is 0 Å². The highest BCUT2D eigenvalue weighted by atomic mass is 79.9. The van der Waals surface area contributed by atoms with E-state index in [1.54, 1.807) is 13.2 Å². The molecule has 0 aliphatic carbocycles. The molecule has 0 aliphatic heterocycles. The summed E-state index contributed by atoms with van der Waals surface area (Å²) in [6.45, 7) is 1.88. The van der Waals surface area contributed by atoms with Crippen LogP contribution in [-0.4, -0.2) is 7.11 Å². The Morgan fingerprint density at radius 1 is 1.15 bits per heavy atom. The highest BCUT2D eigenvalue weighted by Gasteiger charge is 2.16. The van der Waals surface area contributed by atoms with E-state index in [1.807, 2.05) is 37.3 Å². The van der Waals surface area contributed by atoms with Crippen LogP contribution in [0.15, 0.2) is 40.9 Å². The second-order valence-electron chi connectivity index (χ2n) is 4.34. The van der Waals surface area contributed by atoms with E-state index in [-0.39, 0.29) is 6.04 Å². The molecule has 0 bridgehead atoms. The van der Waals surface area contributed by atoms with Gasteiger partial charge in [-0.3, -0.25) is 0 Å². The standard InChI is InChI=1S/C15H15BrClNO2/c1-9(18)15-12(19-2)4-3-5-13(15)20-14-8-10(16)6-7-11(14)17/h3-9H,18H2,1-2H3. The van der Waals surface area contributed by atoms with Gasteiger partial charge in [-0.15, -0.1) is 0 Å². The zero-order chi connectivity index (χ0) is 14.7. The first kappa shape index (κ1) is 15.2. The van der Waals surface area contributed by atoms with Crippen LogP contribution in [0.2, 0.25) is 5.02 Å². The summed E-state index contributed by atoms with van der Waals surface area (Å²) in [5.74, 6) is 1.90. The maximum Gasteiger partial charge on any atom is 0.147 e. The van der Waals surface area contributed by atoms with Crippen LogP contribution in [0.1, 0.15) is 18.5 Å². The molecule has 0 heterocycles. The van der Waals surface area contributed by atoms with Crippen LogP contribution in [0, 0.1) is 0 Å². The van der Waals surface area contributed by atoms with E-state index >= 15 is 0 Å². The van der Waals surface area contributed by atoms with Gasteiger partial charge in [0.15, 0.2) is 0 Å². The van der Waals surface area contributed by atoms with Crippen molar-refractivity contribution < 1.29 is 9.47 Å². The molecule has 1 unspecified atom stereocenters. The summed E-state index contributed by atoms with van der Waals surface area (Å²) in [5, 5.41) is 0.534. The fourth-order valence-corrected chi connectivity index (χ4v) is 2.41. The van der Waals surface area contributed by atoms with E-state index in [4.69, 9.17) is 26.8 Å². The lowest BCUT2D eigenvalue weighted by Gasteiger charge is -2.17. The Kier molecular flexibility index (Phi) is 4.91. The molecule has 0 radical (unpaired) electrons. The molecular formula is C15H15BrClNO2. The monoisotopic (exact) mass is 355 g/mol. The molecule has 2 aromatic rings. The summed E-state index contributed by atoms with van der Waals surface area (Å²) < 4.78 is 12.1. The van der Waals surface area contributed by atoms with Crippen LogP contribution in [0.3, 0.4) is 0 Å². The number of hydrogen-bond acceptors (Lipinski definition) is 3. The molecule has 0 saturated heterocycles. The third kappa shape index (κ3) is 3.26. The molecular weight excluding hydrogens is 342 g/mol. The van der Waals surface area contributed by atoms with Crippen molar-refractivity contribution in [3.8, 4) is 17.2 Å². The number of nitrogens with two attached hydrogens (primary N) is 1.